The van der Waals surface area contributed by atoms with Crippen molar-refractivity contribution < 1.29 is 0 Å². The first-order valence-corrected chi connectivity index (χ1v) is 14.1. The number of hydrogen-bond acceptors (Lipinski definition) is 1. The van der Waals surface area contributed by atoms with Crippen LogP contribution in [-0.4, -0.2) is 26.1 Å². The maximum absolute atomic E-state index is 2.60. The van der Waals surface area contributed by atoms with Crippen LogP contribution >= 0.6 is 7.92 Å². The molecule has 3 heteroatoms. The molecule has 0 bridgehead atoms. The van der Waals surface area contributed by atoms with Crippen LogP contribution in [-0.2, 0) is 0 Å². The first-order valence-electron chi connectivity index (χ1n) is 9.26. The number of benzene rings is 2. The third-order valence-electron chi connectivity index (χ3n) is 4.76. The van der Waals surface area contributed by atoms with Gasteiger partial charge in [0.2, 0.25) is 0 Å². The van der Waals surface area contributed by atoms with Crippen molar-refractivity contribution in [1.29, 1.82) is 0 Å². The highest BCUT2D eigenvalue weighted by atomic mass is 31.1. The van der Waals surface area contributed by atoms with Gasteiger partial charge in [-0.3, -0.25) is 0 Å². The summed E-state index contributed by atoms with van der Waals surface area (Å²) in [5.41, 5.74) is 1.58. The van der Waals surface area contributed by atoms with Gasteiger partial charge >= 0.3 is 0 Å². The van der Waals surface area contributed by atoms with Crippen LogP contribution in [0, 0.1) is 0 Å². The van der Waals surface area contributed by atoms with Gasteiger partial charge in [-0.1, -0.05) is 85.5 Å². The highest BCUT2D eigenvalue weighted by Gasteiger charge is 2.29. The minimum absolute atomic E-state index is 0.529. The van der Waals surface area contributed by atoms with Crippen LogP contribution in [0.1, 0.15) is 20.8 Å². The Labute approximate surface area is 156 Å². The van der Waals surface area contributed by atoms with Crippen molar-refractivity contribution in [2.75, 3.05) is 13.1 Å². The molecule has 0 saturated heterocycles. The lowest BCUT2D eigenvalue weighted by Gasteiger charge is -2.36. The van der Waals surface area contributed by atoms with Crippen LogP contribution < -0.4 is 10.6 Å². The molecule has 0 atom stereocenters. The van der Waals surface area contributed by atoms with E-state index in [0.29, 0.717) is 0 Å². The molecule has 134 valence electrons. The van der Waals surface area contributed by atoms with Crippen LogP contribution in [0.3, 0.4) is 0 Å². The van der Waals surface area contributed by atoms with Gasteiger partial charge in [-0.05, 0) is 31.4 Å². The summed E-state index contributed by atoms with van der Waals surface area (Å²) in [4.78, 5) is 2.60. The third kappa shape index (κ3) is 4.83. The van der Waals surface area contributed by atoms with Crippen molar-refractivity contribution in [3.05, 3.63) is 71.3 Å². The van der Waals surface area contributed by atoms with Gasteiger partial charge in [-0.15, -0.1) is 0 Å². The van der Waals surface area contributed by atoms with E-state index in [9.17, 15) is 0 Å². The largest absolute Gasteiger partial charge is 0.372 e. The summed E-state index contributed by atoms with van der Waals surface area (Å²) in [6, 6.07) is 22.2. The van der Waals surface area contributed by atoms with Crippen molar-refractivity contribution in [3.63, 3.8) is 0 Å². The predicted octanol–water partition coefficient (Wildman–Crippen LogP) is 5.57. The summed E-state index contributed by atoms with van der Waals surface area (Å²) in [6.45, 7) is 16.5. The molecule has 0 N–H and O–H groups in total. The van der Waals surface area contributed by atoms with Crippen molar-refractivity contribution in [3.8, 4) is 0 Å². The van der Waals surface area contributed by atoms with Crippen LogP contribution in [0.25, 0.3) is 0 Å². The number of nitrogens with zero attached hydrogens (tertiary/aromatic N) is 1. The Morgan fingerprint density at radius 2 is 1.20 bits per heavy atom. The van der Waals surface area contributed by atoms with Gasteiger partial charge in [0.25, 0.3) is 0 Å². The minimum Gasteiger partial charge on any atom is -0.372 e. The quantitative estimate of drug-likeness (QED) is 0.455. The Hall–Kier alpha value is -1.37. The minimum atomic E-state index is -1.39. The van der Waals surface area contributed by atoms with E-state index in [2.05, 4.69) is 106 Å². The highest BCUT2D eigenvalue weighted by molar-refractivity contribution is 7.76. The molecule has 2 rings (SSSR count). The first kappa shape index (κ1) is 19.9. The molecule has 2 aromatic carbocycles. The van der Waals surface area contributed by atoms with E-state index in [1.807, 2.05) is 0 Å². The molecule has 0 saturated carbocycles. The topological polar surface area (TPSA) is 3.24 Å². The fraction of sp³-hybridized carbons (Fsp3) is 0.364. The smallest absolute Gasteiger partial charge is 0.0748 e. The van der Waals surface area contributed by atoms with Crippen LogP contribution in [0.2, 0.25) is 19.6 Å². The monoisotopic (exact) mass is 369 g/mol. The van der Waals surface area contributed by atoms with E-state index in [1.54, 1.807) is 10.6 Å². The molecule has 0 spiro atoms. The molecular formula is C22H32NPSi. The second-order valence-corrected chi connectivity index (χ2v) is 14.8. The molecular weight excluding hydrogens is 337 g/mol. The van der Waals surface area contributed by atoms with E-state index in [0.717, 1.165) is 13.1 Å². The Balaban J connectivity index is 2.74. The first-order chi connectivity index (χ1) is 11.9. The molecule has 0 heterocycles. The lowest BCUT2D eigenvalue weighted by molar-refractivity contribution is 0.405. The van der Waals surface area contributed by atoms with E-state index in [1.165, 1.54) is 10.6 Å². The summed E-state index contributed by atoms with van der Waals surface area (Å²) >= 11 is 0. The molecule has 0 aliphatic carbocycles. The fourth-order valence-corrected chi connectivity index (χ4v) is 7.75. The van der Waals surface area contributed by atoms with Crippen molar-refractivity contribution in [2.24, 2.45) is 0 Å². The Bertz CT molecular complexity index is 645. The van der Waals surface area contributed by atoms with Crippen molar-refractivity contribution in [1.82, 2.24) is 4.90 Å². The summed E-state index contributed by atoms with van der Waals surface area (Å²) in [5.74, 6) is 0. The molecule has 0 aliphatic rings. The number of hydrogen-bond donors (Lipinski definition) is 0. The fourth-order valence-electron chi connectivity index (χ4n) is 2.95. The van der Waals surface area contributed by atoms with Crippen LogP contribution in [0.5, 0.6) is 0 Å². The SMILES string of the molecule is CCN(CC)/C(=C(/C)[Si](C)(C)C)P(c1ccccc1)c1ccccc1. The van der Waals surface area contributed by atoms with Crippen LogP contribution in [0.15, 0.2) is 71.3 Å². The maximum atomic E-state index is 2.60. The summed E-state index contributed by atoms with van der Waals surface area (Å²) in [7, 11) is -1.92. The molecule has 0 unspecified atom stereocenters. The second kappa shape index (κ2) is 8.83. The molecule has 2 aromatic rings. The summed E-state index contributed by atoms with van der Waals surface area (Å²) in [6.07, 6.45) is 0. The molecule has 1 nitrogen and oxygen atoms in total. The van der Waals surface area contributed by atoms with Gasteiger partial charge in [0.15, 0.2) is 0 Å². The van der Waals surface area contributed by atoms with Gasteiger partial charge in [-0.25, -0.2) is 0 Å². The Morgan fingerprint density at radius 3 is 1.52 bits per heavy atom. The average Bonchev–Trinajstić information content (AvgIpc) is 2.62. The Morgan fingerprint density at radius 1 is 0.800 bits per heavy atom. The molecule has 0 amide bonds. The van der Waals surface area contributed by atoms with Gasteiger partial charge in [0, 0.05) is 26.4 Å². The normalized spacial score (nSPS) is 12.9. The standard InChI is InChI=1S/C22H32NPSi/c1-7-23(8-2)22(19(3)25(4,5)6)24(20-15-11-9-12-16-20)21-17-13-10-14-18-21/h9-18H,7-8H2,1-6H3/b22-19+. The van der Waals surface area contributed by atoms with Gasteiger partial charge in [0.1, 0.15) is 0 Å². The zero-order chi connectivity index (χ0) is 18.4. The summed E-state index contributed by atoms with van der Waals surface area (Å²) in [5, 5.41) is 4.53. The van der Waals surface area contributed by atoms with E-state index < -0.39 is 16.0 Å². The molecule has 0 aliphatic heterocycles. The highest BCUT2D eigenvalue weighted by Crippen LogP contribution is 2.47. The zero-order valence-corrected chi connectivity index (χ0v) is 18.5. The second-order valence-electron chi connectivity index (χ2n) is 7.38. The van der Waals surface area contributed by atoms with Gasteiger partial charge < -0.3 is 4.90 Å². The van der Waals surface area contributed by atoms with Crippen LogP contribution in [0.4, 0.5) is 0 Å². The lowest BCUT2D eigenvalue weighted by Crippen LogP contribution is -2.33. The van der Waals surface area contributed by atoms with Gasteiger partial charge in [-0.2, -0.15) is 0 Å². The van der Waals surface area contributed by atoms with Crippen molar-refractivity contribution >= 4 is 26.6 Å². The number of allylic oxidation sites excluding steroid dienone is 1. The maximum Gasteiger partial charge on any atom is 0.0748 e. The van der Waals surface area contributed by atoms with E-state index in [4.69, 9.17) is 0 Å². The number of rotatable bonds is 7. The molecule has 0 radical (unpaired) electrons. The zero-order valence-electron chi connectivity index (χ0n) is 16.6. The average molecular weight is 370 g/mol. The Kier molecular flexibility index (Phi) is 7.04. The van der Waals surface area contributed by atoms with E-state index >= 15 is 0 Å². The third-order valence-corrected chi connectivity index (χ3v) is 10.1. The van der Waals surface area contributed by atoms with Crippen molar-refractivity contribution in [2.45, 2.75) is 40.4 Å². The van der Waals surface area contributed by atoms with E-state index in [-0.39, 0.29) is 0 Å². The predicted molar refractivity (Wildman–Crippen MR) is 118 cm³/mol. The lowest BCUT2D eigenvalue weighted by atomic mass is 10.4. The molecule has 0 aromatic heterocycles. The molecule has 0 fully saturated rings. The van der Waals surface area contributed by atoms with Gasteiger partial charge in [0.05, 0.1) is 8.07 Å². The summed E-state index contributed by atoms with van der Waals surface area (Å²) < 4.78 is 0. The molecule has 25 heavy (non-hydrogen) atoms.